The monoisotopic (exact) mass is 488 g/mol. The van der Waals surface area contributed by atoms with Gasteiger partial charge in [0.05, 0.1) is 13.2 Å². The third-order valence-electron chi connectivity index (χ3n) is 6.31. The van der Waals surface area contributed by atoms with Gasteiger partial charge in [0.15, 0.2) is 10.5 Å². The predicted octanol–water partition coefficient (Wildman–Crippen LogP) is 2.91. The molecule has 0 unspecified atom stereocenters. The Morgan fingerprint density at radius 1 is 1.09 bits per heavy atom. The summed E-state index contributed by atoms with van der Waals surface area (Å²) in [6, 6.07) is 10.3. The highest BCUT2D eigenvalue weighted by Crippen LogP contribution is 2.39. The summed E-state index contributed by atoms with van der Waals surface area (Å²) >= 11 is 5.81. The molecule has 0 radical (unpaired) electrons. The molecule has 0 N–H and O–H groups in total. The van der Waals surface area contributed by atoms with Gasteiger partial charge in [-0.25, -0.2) is 13.1 Å². The number of nitrogens with zero attached hydrogens (tertiary/aromatic N) is 6. The van der Waals surface area contributed by atoms with E-state index >= 15 is 0 Å². The summed E-state index contributed by atoms with van der Waals surface area (Å²) in [6.07, 6.45) is 2.30. The Morgan fingerprint density at radius 2 is 1.79 bits per heavy atom. The van der Waals surface area contributed by atoms with Gasteiger partial charge >= 0.3 is 0 Å². The fourth-order valence-electron chi connectivity index (χ4n) is 4.38. The molecule has 3 heterocycles. The standard InChI is InChI=1S/C22H28N6O3S2/c1-16-20(17(2)31-24-16)33(29,30)26-12-10-25(11-13-26)15-28-22(32)27(21(23-28)19-8-9-19)14-18-6-4-3-5-7-18/h3-7,19H,8-15H2,1-2H3. The van der Waals surface area contributed by atoms with Crippen molar-refractivity contribution in [2.24, 2.45) is 0 Å². The lowest BCUT2D eigenvalue weighted by molar-refractivity contribution is 0.144. The number of sulfonamides is 1. The van der Waals surface area contributed by atoms with Crippen LogP contribution >= 0.6 is 12.2 Å². The molecule has 1 aromatic carbocycles. The Balaban J connectivity index is 1.29. The van der Waals surface area contributed by atoms with Crippen LogP contribution in [0.15, 0.2) is 39.8 Å². The zero-order valence-corrected chi connectivity index (χ0v) is 20.5. The van der Waals surface area contributed by atoms with E-state index in [1.807, 2.05) is 22.9 Å². The SMILES string of the molecule is Cc1noc(C)c1S(=O)(=O)N1CCN(Cn2nc(C3CC3)n(Cc3ccccc3)c2=S)CC1. The van der Waals surface area contributed by atoms with Crippen LogP contribution in [0.5, 0.6) is 0 Å². The quantitative estimate of drug-likeness (QED) is 0.473. The molecule has 3 aromatic rings. The van der Waals surface area contributed by atoms with Gasteiger partial charge in [-0.2, -0.15) is 9.40 Å². The number of hydrogen-bond acceptors (Lipinski definition) is 7. The van der Waals surface area contributed by atoms with Crippen LogP contribution in [-0.4, -0.2) is 63.3 Å². The van der Waals surface area contributed by atoms with Gasteiger partial charge in [0.2, 0.25) is 10.0 Å². The Bertz CT molecular complexity index is 1280. The maximum atomic E-state index is 13.1. The summed E-state index contributed by atoms with van der Waals surface area (Å²) in [7, 11) is -3.62. The van der Waals surface area contributed by atoms with Crippen molar-refractivity contribution in [1.29, 1.82) is 0 Å². The molecular formula is C22H28N6O3S2. The van der Waals surface area contributed by atoms with E-state index in [0.29, 0.717) is 55.0 Å². The second-order valence-corrected chi connectivity index (χ2v) is 11.0. The number of benzene rings is 1. The summed E-state index contributed by atoms with van der Waals surface area (Å²) in [5.74, 6) is 1.87. The molecule has 0 spiro atoms. The minimum atomic E-state index is -3.62. The van der Waals surface area contributed by atoms with Crippen LogP contribution in [0.1, 0.15) is 41.6 Å². The molecule has 33 heavy (non-hydrogen) atoms. The largest absolute Gasteiger partial charge is 0.360 e. The van der Waals surface area contributed by atoms with Gasteiger partial charge in [0.1, 0.15) is 16.4 Å². The van der Waals surface area contributed by atoms with E-state index < -0.39 is 10.0 Å². The molecule has 1 saturated heterocycles. The summed E-state index contributed by atoms with van der Waals surface area (Å²) in [6.45, 7) is 6.58. The lowest BCUT2D eigenvalue weighted by Gasteiger charge is -2.33. The first-order chi connectivity index (χ1) is 15.8. The fourth-order valence-corrected chi connectivity index (χ4v) is 6.35. The summed E-state index contributed by atoms with van der Waals surface area (Å²) in [4.78, 5) is 2.39. The van der Waals surface area contributed by atoms with Crippen molar-refractivity contribution >= 4 is 22.2 Å². The average Bonchev–Trinajstić information content (AvgIpc) is 3.53. The average molecular weight is 489 g/mol. The summed E-state index contributed by atoms with van der Waals surface area (Å²) in [5, 5.41) is 8.68. The van der Waals surface area contributed by atoms with Gasteiger partial charge in [-0.05, 0) is 44.5 Å². The number of piperazine rings is 1. The van der Waals surface area contributed by atoms with Crippen molar-refractivity contribution in [2.45, 2.75) is 50.7 Å². The van der Waals surface area contributed by atoms with Crippen LogP contribution in [0.25, 0.3) is 0 Å². The third-order valence-corrected chi connectivity index (χ3v) is 8.88. The number of rotatable bonds is 7. The molecule has 0 amide bonds. The molecule has 1 aliphatic heterocycles. The smallest absolute Gasteiger partial charge is 0.248 e. The molecule has 1 aliphatic carbocycles. The molecule has 0 bridgehead atoms. The van der Waals surface area contributed by atoms with Crippen molar-refractivity contribution in [3.8, 4) is 0 Å². The van der Waals surface area contributed by atoms with E-state index in [0.717, 1.165) is 25.2 Å². The topological polar surface area (TPSA) is 89.4 Å². The summed E-state index contributed by atoms with van der Waals surface area (Å²) < 4.78 is 37.5. The van der Waals surface area contributed by atoms with Gasteiger partial charge < -0.3 is 4.52 Å². The van der Waals surface area contributed by atoms with Crippen LogP contribution < -0.4 is 0 Å². The first-order valence-electron chi connectivity index (χ1n) is 11.2. The molecule has 11 heteroatoms. The van der Waals surface area contributed by atoms with Gasteiger partial charge in [-0.15, -0.1) is 0 Å². The minimum absolute atomic E-state index is 0.187. The van der Waals surface area contributed by atoms with Crippen molar-refractivity contribution in [1.82, 2.24) is 28.7 Å². The molecule has 5 rings (SSSR count). The van der Waals surface area contributed by atoms with E-state index in [-0.39, 0.29) is 4.90 Å². The number of aromatic nitrogens is 4. The van der Waals surface area contributed by atoms with Gasteiger partial charge in [-0.3, -0.25) is 9.47 Å². The van der Waals surface area contributed by atoms with Crippen LogP contribution in [0.2, 0.25) is 0 Å². The first-order valence-corrected chi connectivity index (χ1v) is 13.1. The van der Waals surface area contributed by atoms with Crippen molar-refractivity contribution in [2.75, 3.05) is 26.2 Å². The number of aryl methyl sites for hydroxylation is 2. The van der Waals surface area contributed by atoms with Crippen molar-refractivity contribution in [3.63, 3.8) is 0 Å². The van der Waals surface area contributed by atoms with Crippen LogP contribution in [0.3, 0.4) is 0 Å². The van der Waals surface area contributed by atoms with Gasteiger partial charge in [0.25, 0.3) is 0 Å². The third kappa shape index (κ3) is 4.42. The highest BCUT2D eigenvalue weighted by Gasteiger charge is 2.34. The highest BCUT2D eigenvalue weighted by molar-refractivity contribution is 7.89. The van der Waals surface area contributed by atoms with E-state index in [1.165, 1.54) is 9.87 Å². The normalized spacial score (nSPS) is 18.1. The zero-order valence-electron chi connectivity index (χ0n) is 18.8. The molecular weight excluding hydrogens is 460 g/mol. The van der Waals surface area contributed by atoms with Crippen LogP contribution in [0, 0.1) is 18.6 Å². The van der Waals surface area contributed by atoms with Crippen molar-refractivity contribution in [3.05, 3.63) is 57.9 Å². The van der Waals surface area contributed by atoms with E-state index in [1.54, 1.807) is 13.8 Å². The maximum Gasteiger partial charge on any atom is 0.248 e. The molecule has 9 nitrogen and oxygen atoms in total. The molecule has 0 atom stereocenters. The van der Waals surface area contributed by atoms with Gasteiger partial charge in [-0.1, -0.05) is 35.5 Å². The predicted molar refractivity (Wildman–Crippen MR) is 125 cm³/mol. The Hall–Kier alpha value is -2.34. The maximum absolute atomic E-state index is 13.1. The molecule has 2 aromatic heterocycles. The van der Waals surface area contributed by atoms with Gasteiger partial charge in [0, 0.05) is 32.1 Å². The number of hydrogen-bond donors (Lipinski definition) is 0. The zero-order chi connectivity index (χ0) is 23.2. The highest BCUT2D eigenvalue weighted by atomic mass is 32.2. The van der Waals surface area contributed by atoms with Crippen LogP contribution in [0.4, 0.5) is 0 Å². The second-order valence-electron chi connectivity index (χ2n) is 8.80. The van der Waals surface area contributed by atoms with Crippen LogP contribution in [-0.2, 0) is 23.2 Å². The summed E-state index contributed by atoms with van der Waals surface area (Å²) in [5.41, 5.74) is 1.60. The molecule has 2 fully saturated rings. The fraction of sp³-hybridized carbons (Fsp3) is 0.500. The molecule has 2 aliphatic rings. The van der Waals surface area contributed by atoms with E-state index in [2.05, 4.69) is 26.8 Å². The van der Waals surface area contributed by atoms with Crippen molar-refractivity contribution < 1.29 is 12.9 Å². The lowest BCUT2D eigenvalue weighted by Crippen LogP contribution is -2.49. The molecule has 1 saturated carbocycles. The second kappa shape index (κ2) is 8.79. The van der Waals surface area contributed by atoms with E-state index in [9.17, 15) is 8.42 Å². The van der Waals surface area contributed by atoms with E-state index in [4.69, 9.17) is 21.8 Å². The lowest BCUT2D eigenvalue weighted by atomic mass is 10.2. The Kier molecular flexibility index (Phi) is 5.98. The Morgan fingerprint density at radius 3 is 2.39 bits per heavy atom. The molecule has 176 valence electrons. The Labute approximate surface area is 198 Å². The first kappa shape index (κ1) is 22.5. The minimum Gasteiger partial charge on any atom is -0.360 e.